The molecule has 2 aromatic rings. The van der Waals surface area contributed by atoms with Gasteiger partial charge in [-0.05, 0) is 51.7 Å². The lowest BCUT2D eigenvalue weighted by atomic mass is 10.0. The summed E-state index contributed by atoms with van der Waals surface area (Å²) in [4.78, 5) is 21.5. The molecule has 1 amide bonds. The monoisotopic (exact) mass is 381 g/mol. The van der Waals surface area contributed by atoms with Crippen molar-refractivity contribution < 1.29 is 9.53 Å². The topological polar surface area (TPSA) is 45.7 Å². The minimum absolute atomic E-state index is 0.0342. The average Bonchev–Trinajstić information content (AvgIpc) is 2.62. The number of fused-ring (bicyclic) bond motifs is 1. The summed E-state index contributed by atoms with van der Waals surface area (Å²) in [6, 6.07) is 6.25. The van der Waals surface area contributed by atoms with Crippen molar-refractivity contribution in [3.63, 3.8) is 0 Å². The highest BCUT2D eigenvalue weighted by Gasteiger charge is 2.34. The summed E-state index contributed by atoms with van der Waals surface area (Å²) in [6.07, 6.45) is 1.96. The number of carbonyl (C=O) groups excluding carboxylic acids is 1. The highest BCUT2D eigenvalue weighted by atomic mass is 16.5. The number of aromatic nitrogens is 1. The van der Waals surface area contributed by atoms with Crippen LogP contribution in [0.25, 0.3) is 0 Å². The molecule has 0 aliphatic carbocycles. The number of nitrogens with zero attached hydrogens (tertiary/aromatic N) is 3. The Morgan fingerprint density at radius 3 is 2.21 bits per heavy atom. The van der Waals surface area contributed by atoms with E-state index in [4.69, 9.17) is 9.72 Å². The fourth-order valence-corrected chi connectivity index (χ4v) is 4.07. The van der Waals surface area contributed by atoms with Crippen LogP contribution >= 0.6 is 0 Å². The molecule has 0 saturated heterocycles. The van der Waals surface area contributed by atoms with Crippen molar-refractivity contribution in [3.8, 4) is 5.75 Å². The van der Waals surface area contributed by atoms with Gasteiger partial charge in [0.1, 0.15) is 18.0 Å². The molecule has 0 fully saturated rings. The third kappa shape index (κ3) is 3.58. The normalized spacial score (nSPS) is 13.9. The number of ether oxygens (including phenoxy) is 1. The number of carbonyl (C=O) groups is 1. The Morgan fingerprint density at radius 1 is 1.04 bits per heavy atom. The summed E-state index contributed by atoms with van der Waals surface area (Å²) in [5.74, 6) is 1.56. The van der Waals surface area contributed by atoms with Crippen LogP contribution < -0.4 is 14.5 Å². The van der Waals surface area contributed by atoms with Crippen LogP contribution in [0.2, 0.25) is 0 Å². The van der Waals surface area contributed by atoms with Gasteiger partial charge in [0, 0.05) is 24.5 Å². The van der Waals surface area contributed by atoms with Crippen molar-refractivity contribution in [2.75, 3.05) is 23.4 Å². The Bertz CT molecular complexity index is 880. The van der Waals surface area contributed by atoms with Crippen molar-refractivity contribution in [1.82, 2.24) is 4.98 Å². The molecule has 150 valence electrons. The zero-order valence-electron chi connectivity index (χ0n) is 18.1. The van der Waals surface area contributed by atoms with Crippen LogP contribution in [-0.2, 0) is 4.79 Å². The van der Waals surface area contributed by atoms with E-state index in [0.717, 1.165) is 52.6 Å². The number of anilines is 3. The van der Waals surface area contributed by atoms with Crippen LogP contribution in [-0.4, -0.2) is 30.6 Å². The quantitative estimate of drug-likeness (QED) is 0.731. The molecule has 0 radical (unpaired) electrons. The van der Waals surface area contributed by atoms with Crippen LogP contribution in [0.5, 0.6) is 5.75 Å². The molecule has 0 atom stereocenters. The van der Waals surface area contributed by atoms with Crippen LogP contribution in [0.4, 0.5) is 17.2 Å². The second-order valence-corrected chi connectivity index (χ2v) is 7.78. The van der Waals surface area contributed by atoms with E-state index in [1.807, 2.05) is 20.0 Å². The lowest BCUT2D eigenvalue weighted by Gasteiger charge is -2.37. The van der Waals surface area contributed by atoms with Crippen molar-refractivity contribution in [1.29, 1.82) is 0 Å². The molecule has 1 aromatic carbocycles. The third-order valence-corrected chi connectivity index (χ3v) is 5.44. The van der Waals surface area contributed by atoms with E-state index in [-0.39, 0.29) is 18.6 Å². The molecule has 1 aromatic heterocycles. The molecule has 28 heavy (non-hydrogen) atoms. The Hall–Kier alpha value is -2.56. The molecule has 2 heterocycles. The first-order chi connectivity index (χ1) is 13.3. The molecular weight excluding hydrogens is 350 g/mol. The fraction of sp³-hybridized carbons (Fsp3) is 0.478. The second-order valence-electron chi connectivity index (χ2n) is 7.78. The van der Waals surface area contributed by atoms with Crippen LogP contribution in [0.3, 0.4) is 0 Å². The van der Waals surface area contributed by atoms with Crippen molar-refractivity contribution >= 4 is 23.1 Å². The SMILES string of the molecule is CCC(CC)Oc1cc(C)nc2c1N(C)C(=O)CN2c1c(C)cc(C)cc1C. The Labute approximate surface area is 168 Å². The van der Waals surface area contributed by atoms with Crippen LogP contribution in [0.1, 0.15) is 49.1 Å². The first-order valence-corrected chi connectivity index (χ1v) is 10.1. The van der Waals surface area contributed by atoms with Gasteiger partial charge in [0.15, 0.2) is 5.82 Å². The molecule has 5 nitrogen and oxygen atoms in total. The number of hydrogen-bond acceptors (Lipinski definition) is 4. The standard InChI is InChI=1S/C23H31N3O2/c1-8-18(9-2)28-19-12-17(6)24-23-22(19)25(7)20(27)13-26(23)21-15(4)10-14(3)11-16(21)5/h10-12,18H,8-9,13H2,1-7H3. The summed E-state index contributed by atoms with van der Waals surface area (Å²) in [6.45, 7) is 12.8. The molecule has 5 heteroatoms. The molecular formula is C23H31N3O2. The van der Waals surface area contributed by atoms with Gasteiger partial charge in [0.2, 0.25) is 5.91 Å². The van der Waals surface area contributed by atoms with Crippen molar-refractivity contribution in [2.24, 2.45) is 0 Å². The van der Waals surface area contributed by atoms with E-state index in [9.17, 15) is 4.79 Å². The number of likely N-dealkylation sites (N-methyl/N-ethyl adjacent to an activating group) is 1. The van der Waals surface area contributed by atoms with Crippen LogP contribution in [0, 0.1) is 27.7 Å². The van der Waals surface area contributed by atoms with Gasteiger partial charge in [0.05, 0.1) is 6.10 Å². The van der Waals surface area contributed by atoms with Crippen molar-refractivity contribution in [2.45, 2.75) is 60.5 Å². The zero-order valence-corrected chi connectivity index (χ0v) is 18.1. The maximum Gasteiger partial charge on any atom is 0.246 e. The number of benzene rings is 1. The van der Waals surface area contributed by atoms with Gasteiger partial charge >= 0.3 is 0 Å². The summed E-state index contributed by atoms with van der Waals surface area (Å²) in [7, 11) is 1.81. The van der Waals surface area contributed by atoms with Gasteiger partial charge in [-0.15, -0.1) is 0 Å². The van der Waals surface area contributed by atoms with E-state index in [1.165, 1.54) is 5.56 Å². The average molecular weight is 382 g/mol. The first kappa shape index (κ1) is 20.2. The molecule has 0 unspecified atom stereocenters. The Morgan fingerprint density at radius 2 is 1.64 bits per heavy atom. The second kappa shape index (κ2) is 7.82. The molecule has 1 aliphatic heterocycles. The van der Waals surface area contributed by atoms with Gasteiger partial charge in [-0.25, -0.2) is 4.98 Å². The minimum atomic E-state index is 0.0342. The smallest absolute Gasteiger partial charge is 0.246 e. The van der Waals surface area contributed by atoms with Gasteiger partial charge in [0.25, 0.3) is 0 Å². The third-order valence-electron chi connectivity index (χ3n) is 5.44. The number of hydrogen-bond donors (Lipinski definition) is 0. The Kier molecular flexibility index (Phi) is 5.64. The zero-order chi connectivity index (χ0) is 20.6. The molecule has 1 aliphatic rings. The van der Waals surface area contributed by atoms with Gasteiger partial charge in [-0.2, -0.15) is 0 Å². The van der Waals surface area contributed by atoms with E-state index in [2.05, 4.69) is 51.7 Å². The van der Waals surface area contributed by atoms with Gasteiger partial charge in [-0.1, -0.05) is 31.5 Å². The summed E-state index contributed by atoms with van der Waals surface area (Å²) in [5.41, 5.74) is 6.20. The molecule has 0 saturated carbocycles. The Balaban J connectivity index is 2.21. The highest BCUT2D eigenvalue weighted by Crippen LogP contribution is 2.44. The minimum Gasteiger partial charge on any atom is -0.488 e. The number of aryl methyl sites for hydroxylation is 4. The molecule has 0 spiro atoms. The van der Waals surface area contributed by atoms with E-state index < -0.39 is 0 Å². The van der Waals surface area contributed by atoms with E-state index in [1.54, 1.807) is 4.90 Å². The lowest BCUT2D eigenvalue weighted by Crippen LogP contribution is -2.43. The summed E-state index contributed by atoms with van der Waals surface area (Å²) < 4.78 is 6.31. The first-order valence-electron chi connectivity index (χ1n) is 10.1. The van der Waals surface area contributed by atoms with Gasteiger partial charge in [-0.3, -0.25) is 4.79 Å². The summed E-state index contributed by atoms with van der Waals surface area (Å²) >= 11 is 0. The fourth-order valence-electron chi connectivity index (χ4n) is 4.07. The number of amides is 1. The molecule has 3 rings (SSSR count). The summed E-state index contributed by atoms with van der Waals surface area (Å²) in [5, 5.41) is 0. The predicted octanol–water partition coefficient (Wildman–Crippen LogP) is 5.00. The van der Waals surface area contributed by atoms with Crippen molar-refractivity contribution in [3.05, 3.63) is 40.6 Å². The number of pyridine rings is 1. The molecule has 0 bridgehead atoms. The van der Waals surface area contributed by atoms with Gasteiger partial charge < -0.3 is 14.5 Å². The largest absolute Gasteiger partial charge is 0.488 e. The van der Waals surface area contributed by atoms with E-state index in [0.29, 0.717) is 0 Å². The maximum absolute atomic E-state index is 12.9. The van der Waals surface area contributed by atoms with Crippen LogP contribution in [0.15, 0.2) is 18.2 Å². The lowest BCUT2D eigenvalue weighted by molar-refractivity contribution is -0.117. The van der Waals surface area contributed by atoms with E-state index >= 15 is 0 Å². The molecule has 0 N–H and O–H groups in total. The maximum atomic E-state index is 12.9. The number of rotatable bonds is 5. The predicted molar refractivity (Wildman–Crippen MR) is 115 cm³/mol. The highest BCUT2D eigenvalue weighted by molar-refractivity contribution is 6.06.